The summed E-state index contributed by atoms with van der Waals surface area (Å²) in [6, 6.07) is 31.5. The minimum Gasteiger partial charge on any atom is -0.388 e. The van der Waals surface area contributed by atoms with Gasteiger partial charge in [0, 0.05) is 36.0 Å². The van der Waals surface area contributed by atoms with Gasteiger partial charge in [-0.25, -0.2) is 4.98 Å². The lowest BCUT2D eigenvalue weighted by molar-refractivity contribution is 0.0764. The molecular weight excluding hydrogens is 380 g/mol. The smallest absolute Gasteiger partial charge is 0.0797 e. The SMILES string of the molecule is CCOC(C)c1ccc(-c2cc(-c3ccccc3)nc(-c3ccccc3)c2)c(NC)c1. The Hall–Kier alpha value is -3.43. The fourth-order valence-electron chi connectivity index (χ4n) is 3.82. The predicted octanol–water partition coefficient (Wildman–Crippen LogP) is 7.22. The number of rotatable bonds is 7. The molecule has 0 bridgehead atoms. The summed E-state index contributed by atoms with van der Waals surface area (Å²) in [6.45, 7) is 4.81. The van der Waals surface area contributed by atoms with Crippen molar-refractivity contribution in [2.45, 2.75) is 20.0 Å². The van der Waals surface area contributed by atoms with Gasteiger partial charge in [-0.2, -0.15) is 0 Å². The Kier molecular flexibility index (Phi) is 6.44. The van der Waals surface area contributed by atoms with E-state index in [4.69, 9.17) is 9.72 Å². The third-order valence-corrected chi connectivity index (χ3v) is 5.47. The molecule has 4 aromatic rings. The second kappa shape index (κ2) is 9.59. The van der Waals surface area contributed by atoms with Gasteiger partial charge in [-0.1, -0.05) is 72.8 Å². The molecule has 1 atom stereocenters. The van der Waals surface area contributed by atoms with E-state index < -0.39 is 0 Å². The van der Waals surface area contributed by atoms with E-state index in [0.717, 1.165) is 44.9 Å². The number of hydrogen-bond acceptors (Lipinski definition) is 3. The highest BCUT2D eigenvalue weighted by Crippen LogP contribution is 2.35. The van der Waals surface area contributed by atoms with Crippen LogP contribution in [0, 0.1) is 0 Å². The summed E-state index contributed by atoms with van der Waals surface area (Å²) in [5.74, 6) is 0. The van der Waals surface area contributed by atoms with Crippen LogP contribution in [0.3, 0.4) is 0 Å². The van der Waals surface area contributed by atoms with Crippen LogP contribution in [0.5, 0.6) is 0 Å². The minimum atomic E-state index is 0.0587. The van der Waals surface area contributed by atoms with Crippen molar-refractivity contribution < 1.29 is 4.74 Å². The van der Waals surface area contributed by atoms with Crippen molar-refractivity contribution in [2.24, 2.45) is 0 Å². The van der Waals surface area contributed by atoms with E-state index in [1.807, 2.05) is 26.1 Å². The van der Waals surface area contributed by atoms with E-state index in [9.17, 15) is 0 Å². The van der Waals surface area contributed by atoms with Crippen molar-refractivity contribution in [3.63, 3.8) is 0 Å². The Bertz CT molecular complexity index is 1080. The Morgan fingerprint density at radius 3 is 1.87 bits per heavy atom. The third-order valence-electron chi connectivity index (χ3n) is 5.47. The van der Waals surface area contributed by atoms with Crippen molar-refractivity contribution >= 4 is 5.69 Å². The molecule has 0 spiro atoms. The fourth-order valence-corrected chi connectivity index (χ4v) is 3.82. The number of benzene rings is 3. The molecule has 3 nitrogen and oxygen atoms in total. The molecule has 0 saturated heterocycles. The standard InChI is InChI=1S/C28H28N2O/c1-4-31-20(2)23-15-16-25(28(17-23)29-3)24-18-26(21-11-7-5-8-12-21)30-27(19-24)22-13-9-6-10-14-22/h5-20,29H,4H2,1-3H3. The van der Waals surface area contributed by atoms with E-state index in [-0.39, 0.29) is 6.10 Å². The first-order valence-corrected chi connectivity index (χ1v) is 10.8. The van der Waals surface area contributed by atoms with Crippen LogP contribution in [-0.4, -0.2) is 18.6 Å². The zero-order valence-electron chi connectivity index (χ0n) is 18.3. The van der Waals surface area contributed by atoms with Gasteiger partial charge in [-0.3, -0.25) is 0 Å². The zero-order chi connectivity index (χ0) is 21.6. The van der Waals surface area contributed by atoms with Crippen molar-refractivity contribution in [1.82, 2.24) is 4.98 Å². The molecule has 0 aliphatic carbocycles. The molecule has 0 fully saturated rings. The highest BCUT2D eigenvalue weighted by atomic mass is 16.5. The molecule has 31 heavy (non-hydrogen) atoms. The number of aromatic nitrogens is 1. The van der Waals surface area contributed by atoms with Gasteiger partial charge < -0.3 is 10.1 Å². The molecule has 0 saturated carbocycles. The van der Waals surface area contributed by atoms with Crippen LogP contribution < -0.4 is 5.32 Å². The number of anilines is 1. The molecule has 1 heterocycles. The number of nitrogens with one attached hydrogen (secondary N) is 1. The van der Waals surface area contributed by atoms with E-state index in [1.165, 1.54) is 0 Å². The van der Waals surface area contributed by atoms with Crippen molar-refractivity contribution in [3.8, 4) is 33.6 Å². The molecule has 0 amide bonds. The molecule has 1 N–H and O–H groups in total. The number of pyridine rings is 1. The molecule has 0 radical (unpaired) electrons. The van der Waals surface area contributed by atoms with Gasteiger partial charge in [0.2, 0.25) is 0 Å². The van der Waals surface area contributed by atoms with Crippen LogP contribution in [0.15, 0.2) is 91.0 Å². The molecule has 0 aliphatic heterocycles. The second-order valence-electron chi connectivity index (χ2n) is 7.51. The first-order valence-electron chi connectivity index (χ1n) is 10.8. The number of nitrogens with zero attached hydrogens (tertiary/aromatic N) is 1. The van der Waals surface area contributed by atoms with Crippen molar-refractivity contribution in [1.29, 1.82) is 0 Å². The van der Waals surface area contributed by atoms with Gasteiger partial charge in [-0.05, 0) is 43.2 Å². The summed E-state index contributed by atoms with van der Waals surface area (Å²) < 4.78 is 5.79. The van der Waals surface area contributed by atoms with E-state index in [1.54, 1.807) is 0 Å². The van der Waals surface area contributed by atoms with Crippen LogP contribution in [-0.2, 0) is 4.74 Å². The summed E-state index contributed by atoms with van der Waals surface area (Å²) in [7, 11) is 1.96. The van der Waals surface area contributed by atoms with Crippen molar-refractivity contribution in [2.75, 3.05) is 19.0 Å². The maximum absolute atomic E-state index is 5.79. The first kappa shape index (κ1) is 20.8. The molecule has 3 aromatic carbocycles. The monoisotopic (exact) mass is 408 g/mol. The Morgan fingerprint density at radius 1 is 0.774 bits per heavy atom. The summed E-state index contributed by atoms with van der Waals surface area (Å²) in [4.78, 5) is 4.98. The average molecular weight is 409 g/mol. The molecule has 3 heteroatoms. The van der Waals surface area contributed by atoms with Crippen LogP contribution in [0.1, 0.15) is 25.5 Å². The first-order chi connectivity index (χ1) is 15.2. The molecule has 0 aliphatic rings. The second-order valence-corrected chi connectivity index (χ2v) is 7.51. The molecular formula is C28H28N2O. The number of ether oxygens (including phenoxy) is 1. The maximum atomic E-state index is 5.79. The summed E-state index contributed by atoms with van der Waals surface area (Å²) in [6.07, 6.45) is 0.0587. The van der Waals surface area contributed by atoms with Gasteiger partial charge in [0.1, 0.15) is 0 Å². The predicted molar refractivity (Wildman–Crippen MR) is 130 cm³/mol. The van der Waals surface area contributed by atoms with Crippen molar-refractivity contribution in [3.05, 3.63) is 96.6 Å². The fraction of sp³-hybridized carbons (Fsp3) is 0.179. The number of hydrogen-bond donors (Lipinski definition) is 1. The summed E-state index contributed by atoms with van der Waals surface area (Å²) >= 11 is 0. The van der Waals surface area contributed by atoms with Gasteiger partial charge in [0.15, 0.2) is 0 Å². The van der Waals surface area contributed by atoms with E-state index in [0.29, 0.717) is 6.61 Å². The highest BCUT2D eigenvalue weighted by molar-refractivity contribution is 5.83. The van der Waals surface area contributed by atoms with Gasteiger partial charge in [-0.15, -0.1) is 0 Å². The Morgan fingerprint density at radius 2 is 1.35 bits per heavy atom. The van der Waals surface area contributed by atoms with Gasteiger partial charge >= 0.3 is 0 Å². The lowest BCUT2D eigenvalue weighted by atomic mass is 9.96. The van der Waals surface area contributed by atoms with Crippen LogP contribution >= 0.6 is 0 Å². The minimum absolute atomic E-state index is 0.0587. The lowest BCUT2D eigenvalue weighted by Gasteiger charge is -2.17. The van der Waals surface area contributed by atoms with Crippen LogP contribution in [0.2, 0.25) is 0 Å². The van der Waals surface area contributed by atoms with E-state index in [2.05, 4.69) is 91.1 Å². The van der Waals surface area contributed by atoms with Gasteiger partial charge in [0.25, 0.3) is 0 Å². The molecule has 1 aromatic heterocycles. The molecule has 4 rings (SSSR count). The average Bonchev–Trinajstić information content (AvgIpc) is 2.84. The van der Waals surface area contributed by atoms with Crippen LogP contribution in [0.4, 0.5) is 5.69 Å². The largest absolute Gasteiger partial charge is 0.388 e. The lowest BCUT2D eigenvalue weighted by Crippen LogP contribution is -2.02. The summed E-state index contributed by atoms with van der Waals surface area (Å²) in [5.41, 5.74) is 8.66. The zero-order valence-corrected chi connectivity index (χ0v) is 18.3. The normalized spacial score (nSPS) is 11.8. The highest BCUT2D eigenvalue weighted by Gasteiger charge is 2.13. The quantitative estimate of drug-likeness (QED) is 0.350. The third kappa shape index (κ3) is 4.68. The molecule has 156 valence electrons. The Labute approximate surface area is 184 Å². The maximum Gasteiger partial charge on any atom is 0.0797 e. The van der Waals surface area contributed by atoms with Crippen LogP contribution in [0.25, 0.3) is 33.6 Å². The van der Waals surface area contributed by atoms with Gasteiger partial charge in [0.05, 0.1) is 17.5 Å². The summed E-state index contributed by atoms with van der Waals surface area (Å²) in [5, 5.41) is 3.37. The molecule has 1 unspecified atom stereocenters. The van der Waals surface area contributed by atoms with E-state index >= 15 is 0 Å². The Balaban J connectivity index is 1.86. The topological polar surface area (TPSA) is 34.1 Å².